The van der Waals surface area contributed by atoms with Crippen LogP contribution in [0.25, 0.3) is 0 Å². The van der Waals surface area contributed by atoms with E-state index < -0.39 is 55.7 Å². The van der Waals surface area contributed by atoms with Gasteiger partial charge in [0, 0.05) is 24.8 Å². The number of piperidine rings is 1. The van der Waals surface area contributed by atoms with Crippen molar-refractivity contribution in [2.45, 2.75) is 48.8 Å². The van der Waals surface area contributed by atoms with Crippen molar-refractivity contribution in [3.8, 4) is 11.5 Å². The first kappa shape index (κ1) is 7.53. The monoisotopic (exact) mass is 324 g/mol. The highest BCUT2D eigenvalue weighted by Crippen LogP contribution is 2.64. The lowest BCUT2D eigenvalue weighted by molar-refractivity contribution is -0.185. The maximum absolute atomic E-state index is 13.1. The van der Waals surface area contributed by atoms with Crippen LogP contribution in [0.2, 0.25) is 0 Å². The molecule has 4 aliphatic rings. The molecule has 1 N–H and O–H groups in total. The lowest BCUT2D eigenvalue weighted by Crippen LogP contribution is -2.76. The Hall–Kier alpha value is -1.59. The number of nitrogens with zero attached hydrogens (tertiary/aromatic N) is 1. The van der Waals surface area contributed by atoms with E-state index in [4.69, 9.17) is 20.4 Å². The van der Waals surface area contributed by atoms with Crippen molar-refractivity contribution in [3.05, 3.63) is 23.3 Å². The minimum Gasteiger partial charge on any atom is -0.493 e. The second-order valence-corrected chi connectivity index (χ2v) is 6.60. The number of rotatable bonds is 1. The molecule has 1 spiro atoms. The van der Waals surface area contributed by atoms with E-state index in [0.29, 0.717) is 11.1 Å². The molecule has 5 heteroatoms. The molecule has 1 unspecified atom stereocenters. The quantitative estimate of drug-likeness (QED) is 0.837. The normalized spacial score (nSPS) is 52.8. The van der Waals surface area contributed by atoms with E-state index in [1.807, 2.05) is 0 Å². The highest BCUT2D eigenvalue weighted by atomic mass is 16.5. The van der Waals surface area contributed by atoms with Crippen molar-refractivity contribution in [2.75, 3.05) is 20.6 Å². The number of carbonyl (C=O) groups is 1. The molecular formula is C18H21NO4. The van der Waals surface area contributed by atoms with Crippen LogP contribution >= 0.6 is 0 Å². The van der Waals surface area contributed by atoms with Crippen molar-refractivity contribution < 1.29 is 31.7 Å². The van der Waals surface area contributed by atoms with Crippen molar-refractivity contribution in [1.82, 2.24) is 4.90 Å². The fraction of sp³-hybridized carbons (Fsp3) is 0.611. The van der Waals surface area contributed by atoms with Gasteiger partial charge in [-0.25, -0.2) is 0 Å². The van der Waals surface area contributed by atoms with E-state index in [-0.39, 0.29) is 30.9 Å². The molecule has 1 saturated carbocycles. The topological polar surface area (TPSA) is 59.0 Å². The Labute approximate surface area is 147 Å². The molecule has 1 aromatic rings. The number of likely N-dealkylation sites (tertiary alicyclic amines) is 1. The predicted molar refractivity (Wildman–Crippen MR) is 83.0 cm³/mol. The number of methoxy groups -OCH3 is 1. The second-order valence-electron chi connectivity index (χ2n) is 6.60. The summed E-state index contributed by atoms with van der Waals surface area (Å²) in [7, 11) is -2.83. The van der Waals surface area contributed by atoms with E-state index >= 15 is 0 Å². The van der Waals surface area contributed by atoms with Crippen LogP contribution < -0.4 is 9.47 Å². The number of carbonyl (C=O) groups excluding carboxylic acids is 1. The van der Waals surface area contributed by atoms with Gasteiger partial charge in [-0.2, -0.15) is 0 Å². The predicted octanol–water partition coefficient (Wildman–Crippen LogP) is 1.05. The van der Waals surface area contributed by atoms with Gasteiger partial charge in [-0.15, -0.1) is 0 Å². The summed E-state index contributed by atoms with van der Waals surface area (Å²) in [6.07, 6.45) is -5.28. The van der Waals surface area contributed by atoms with Crippen molar-refractivity contribution in [1.29, 1.82) is 0 Å². The molecule has 2 heterocycles. The Bertz CT molecular complexity index is 1040. The first-order valence-electron chi connectivity index (χ1n) is 12.0. The van der Waals surface area contributed by atoms with Crippen LogP contribution in [-0.4, -0.2) is 54.1 Å². The highest BCUT2D eigenvalue weighted by molar-refractivity contribution is 5.90. The third kappa shape index (κ3) is 1.32. The Morgan fingerprint density at radius 2 is 2.48 bits per heavy atom. The molecule has 1 saturated heterocycles. The number of benzene rings is 1. The first-order chi connectivity index (χ1) is 14.5. The maximum atomic E-state index is 13.1. The van der Waals surface area contributed by atoms with Gasteiger partial charge in [-0.05, 0) is 44.4 Å². The fourth-order valence-corrected chi connectivity index (χ4v) is 4.84. The lowest BCUT2D eigenvalue weighted by Gasteiger charge is -2.62. The Balaban J connectivity index is 1.82. The molecule has 2 bridgehead atoms. The van der Waals surface area contributed by atoms with Gasteiger partial charge in [0.15, 0.2) is 23.4 Å². The van der Waals surface area contributed by atoms with E-state index in [1.165, 1.54) is 12.1 Å². The number of hydrogen-bond acceptors (Lipinski definition) is 5. The zero-order valence-corrected chi connectivity index (χ0v) is 12.2. The van der Waals surface area contributed by atoms with Gasteiger partial charge in [0.2, 0.25) is 0 Å². The van der Waals surface area contributed by atoms with Gasteiger partial charge < -0.3 is 19.5 Å². The average Bonchev–Trinajstić information content (AvgIpc) is 2.94. The third-order valence-corrected chi connectivity index (χ3v) is 5.83. The highest BCUT2D eigenvalue weighted by Gasteiger charge is 2.72. The van der Waals surface area contributed by atoms with Crippen LogP contribution in [-0.2, 0) is 16.6 Å². The van der Waals surface area contributed by atoms with Gasteiger partial charge in [-0.3, -0.25) is 4.79 Å². The minimum absolute atomic E-state index is 0.0718. The summed E-state index contributed by atoms with van der Waals surface area (Å²) >= 11 is 0. The summed E-state index contributed by atoms with van der Waals surface area (Å²) in [4.78, 5) is 14.0. The Morgan fingerprint density at radius 1 is 1.57 bits per heavy atom. The fourth-order valence-electron chi connectivity index (χ4n) is 4.84. The molecule has 0 aromatic heterocycles. The summed E-state index contributed by atoms with van der Waals surface area (Å²) in [6, 6.07) is 0.636. The molecule has 23 heavy (non-hydrogen) atoms. The number of ketones is 1. The Morgan fingerprint density at radius 3 is 3.30 bits per heavy atom. The van der Waals surface area contributed by atoms with Crippen LogP contribution in [0.5, 0.6) is 11.5 Å². The van der Waals surface area contributed by atoms with Crippen LogP contribution in [0.1, 0.15) is 42.7 Å². The van der Waals surface area contributed by atoms with Gasteiger partial charge >= 0.3 is 0 Å². The molecule has 0 radical (unpaired) electrons. The zero-order chi connectivity index (χ0) is 23.7. The molecule has 4 atom stereocenters. The van der Waals surface area contributed by atoms with E-state index in [1.54, 1.807) is 0 Å². The molecule has 5 nitrogen and oxygen atoms in total. The molecule has 2 aliphatic heterocycles. The van der Waals surface area contributed by atoms with Crippen LogP contribution in [0.15, 0.2) is 12.1 Å². The van der Waals surface area contributed by atoms with E-state index in [9.17, 15) is 11.3 Å². The largest absolute Gasteiger partial charge is 0.493 e. The summed E-state index contributed by atoms with van der Waals surface area (Å²) in [6.45, 7) is -2.91. The summed E-state index contributed by atoms with van der Waals surface area (Å²) in [5.41, 5.74) is -3.16. The average molecular weight is 324 g/mol. The van der Waals surface area contributed by atoms with E-state index in [2.05, 4.69) is 0 Å². The number of aliphatic hydroxyl groups is 1. The smallest absolute Gasteiger partial charge is 0.174 e. The van der Waals surface area contributed by atoms with Gasteiger partial charge in [-0.1, -0.05) is 6.07 Å². The molecule has 2 fully saturated rings. The van der Waals surface area contributed by atoms with Crippen molar-refractivity contribution >= 4 is 5.78 Å². The van der Waals surface area contributed by atoms with Gasteiger partial charge in [0.25, 0.3) is 0 Å². The van der Waals surface area contributed by atoms with Crippen molar-refractivity contribution in [2.24, 2.45) is 0 Å². The SMILES string of the molecule is [2H]C([2H])([2H])Oc1ccc2c3c1OC1C(=O)C([2H])([2H])C[C@]4(O)[C@@]31CCN(C([2H])([2H])[2H])[C@]4([2H])C2. The van der Waals surface area contributed by atoms with Crippen LogP contribution in [0.4, 0.5) is 0 Å². The Kier molecular flexibility index (Phi) is 1.34. The zero-order valence-electron chi connectivity index (χ0n) is 21.2. The minimum atomic E-state index is -2.83. The number of hydrogen-bond donors (Lipinski definition) is 1. The molecule has 1 aromatic carbocycles. The molecule has 122 valence electrons. The molecule has 0 amide bonds. The molecular weight excluding hydrogens is 294 g/mol. The van der Waals surface area contributed by atoms with Gasteiger partial charge in [0.1, 0.15) is 0 Å². The van der Waals surface area contributed by atoms with E-state index in [0.717, 1.165) is 4.90 Å². The van der Waals surface area contributed by atoms with Crippen LogP contribution in [0, 0.1) is 0 Å². The standard InChI is InChI=1S/C18H21NO4/c1-19-8-7-17-14-10-3-4-12(22-2)15(14)23-16(17)11(20)5-6-18(17,21)13(19)9-10/h3-4,13,16,21H,5-9H2,1-2H3/t13-,16?,17+,18-/m1/s1/i1D3,2D3,5D2,13D. The van der Waals surface area contributed by atoms with Crippen LogP contribution in [0.3, 0.4) is 0 Å². The van der Waals surface area contributed by atoms with Gasteiger partial charge in [0.05, 0.1) is 23.5 Å². The number of ether oxygens (including phenoxy) is 2. The first-order valence-corrected chi connectivity index (χ1v) is 7.55. The third-order valence-electron chi connectivity index (χ3n) is 5.83. The summed E-state index contributed by atoms with van der Waals surface area (Å²) < 4.78 is 82.8. The number of likely N-dealkylation sites (N-methyl/N-ethyl adjacent to an activating group) is 1. The lowest BCUT2D eigenvalue weighted by atomic mass is 9.49. The summed E-state index contributed by atoms with van der Waals surface area (Å²) in [5.74, 6) is -1.19. The second kappa shape index (κ2) is 4.08. The maximum Gasteiger partial charge on any atom is 0.174 e. The molecule has 2 aliphatic carbocycles. The van der Waals surface area contributed by atoms with Crippen molar-refractivity contribution in [3.63, 3.8) is 0 Å². The summed E-state index contributed by atoms with van der Waals surface area (Å²) in [5, 5.41) is 12.1. The molecule has 5 rings (SSSR count). The number of Topliss-reactive ketones (excluding diaryl/α,β-unsaturated/α-hetero) is 1.